The summed E-state index contributed by atoms with van der Waals surface area (Å²) < 4.78 is 20.0. The Morgan fingerprint density at radius 1 is 1.06 bits per heavy atom. The smallest absolute Gasteiger partial charge is 0.409 e. The van der Waals surface area contributed by atoms with Gasteiger partial charge in [0.25, 0.3) is 0 Å². The molecule has 3 aromatic rings. The van der Waals surface area contributed by atoms with E-state index in [1.165, 1.54) is 6.07 Å². The van der Waals surface area contributed by atoms with Crippen LogP contribution < -0.4 is 0 Å². The van der Waals surface area contributed by atoms with E-state index < -0.39 is 0 Å². The van der Waals surface area contributed by atoms with Crippen LogP contribution in [0.2, 0.25) is 0 Å². The zero-order valence-corrected chi connectivity index (χ0v) is 20.6. The number of pyridine rings is 1. The van der Waals surface area contributed by atoms with E-state index in [9.17, 15) is 9.18 Å². The molecule has 1 amide bonds. The van der Waals surface area contributed by atoms with Crippen LogP contribution in [0, 0.1) is 5.82 Å². The molecule has 0 bridgehead atoms. The first-order valence-corrected chi connectivity index (χ1v) is 12.8. The van der Waals surface area contributed by atoms with Crippen molar-refractivity contribution in [3.8, 4) is 22.5 Å². The number of ether oxygens (including phenoxy) is 1. The highest BCUT2D eigenvalue weighted by Crippen LogP contribution is 2.36. The van der Waals surface area contributed by atoms with Crippen LogP contribution in [0.5, 0.6) is 0 Å². The molecule has 2 aliphatic heterocycles. The van der Waals surface area contributed by atoms with E-state index in [0.29, 0.717) is 37.1 Å². The number of carbonyl (C=O) groups is 1. The van der Waals surface area contributed by atoms with Crippen molar-refractivity contribution in [3.63, 3.8) is 0 Å². The van der Waals surface area contributed by atoms with Crippen molar-refractivity contribution < 1.29 is 13.9 Å². The standard InChI is InChI=1S/C28H32FN5O2/c1-2-36-28(35)33-15-11-22(12-16-33)34-14-6-8-21(19-34)26-24(23-9-3-4-10-25(23)29)18-31-27(32-26)20-7-5-13-30-17-20/h3-5,7,9-10,13,17-18,21-22H,2,6,8,11-12,14-16,19H2,1H3. The zero-order chi connectivity index (χ0) is 24.9. The van der Waals surface area contributed by atoms with E-state index >= 15 is 0 Å². The fourth-order valence-electron chi connectivity index (χ4n) is 5.42. The molecule has 0 radical (unpaired) electrons. The number of nitrogens with zero attached hydrogens (tertiary/aromatic N) is 5. The molecule has 2 aliphatic rings. The largest absolute Gasteiger partial charge is 0.450 e. The van der Waals surface area contributed by atoms with Crippen molar-refractivity contribution >= 4 is 6.09 Å². The highest BCUT2D eigenvalue weighted by atomic mass is 19.1. The number of likely N-dealkylation sites (tertiary alicyclic amines) is 2. The third-order valence-corrected chi connectivity index (χ3v) is 7.25. The van der Waals surface area contributed by atoms with Crippen molar-refractivity contribution in [2.24, 2.45) is 0 Å². The second kappa shape index (κ2) is 11.1. The molecular formula is C28H32FN5O2. The molecule has 7 nitrogen and oxygen atoms in total. The second-order valence-electron chi connectivity index (χ2n) is 9.47. The highest BCUT2D eigenvalue weighted by molar-refractivity contribution is 5.68. The van der Waals surface area contributed by atoms with Gasteiger partial charge in [0.05, 0.1) is 12.3 Å². The molecule has 0 aliphatic carbocycles. The maximum atomic E-state index is 14.9. The Kier molecular flexibility index (Phi) is 7.51. The van der Waals surface area contributed by atoms with Crippen LogP contribution in [-0.4, -0.2) is 69.7 Å². The summed E-state index contributed by atoms with van der Waals surface area (Å²) >= 11 is 0. The predicted octanol–water partition coefficient (Wildman–Crippen LogP) is 5.15. The number of benzene rings is 1. The topological polar surface area (TPSA) is 71.5 Å². The third kappa shape index (κ3) is 5.23. The average Bonchev–Trinajstić information content (AvgIpc) is 2.94. The molecule has 8 heteroatoms. The van der Waals surface area contributed by atoms with Gasteiger partial charge in [0.2, 0.25) is 0 Å². The molecule has 4 heterocycles. The first kappa shape index (κ1) is 24.3. The van der Waals surface area contributed by atoms with Gasteiger partial charge in [0.15, 0.2) is 5.82 Å². The molecular weight excluding hydrogens is 457 g/mol. The molecule has 0 N–H and O–H groups in total. The minimum atomic E-state index is -0.268. The number of hydrogen-bond acceptors (Lipinski definition) is 6. The van der Waals surface area contributed by atoms with Gasteiger partial charge in [0.1, 0.15) is 5.82 Å². The minimum Gasteiger partial charge on any atom is -0.450 e. The van der Waals surface area contributed by atoms with Gasteiger partial charge in [-0.05, 0) is 57.4 Å². The monoisotopic (exact) mass is 489 g/mol. The predicted molar refractivity (Wildman–Crippen MR) is 136 cm³/mol. The number of halogens is 1. The summed E-state index contributed by atoms with van der Waals surface area (Å²) in [5, 5.41) is 0. The summed E-state index contributed by atoms with van der Waals surface area (Å²) in [6.45, 7) is 5.54. The van der Waals surface area contributed by atoms with E-state index in [2.05, 4.69) is 14.9 Å². The molecule has 2 fully saturated rings. The molecule has 1 unspecified atom stereocenters. The highest BCUT2D eigenvalue weighted by Gasteiger charge is 2.33. The lowest BCUT2D eigenvalue weighted by Crippen LogP contribution is -2.49. The van der Waals surface area contributed by atoms with Gasteiger partial charge < -0.3 is 9.64 Å². The molecule has 0 spiro atoms. The van der Waals surface area contributed by atoms with Gasteiger partial charge in [-0.15, -0.1) is 0 Å². The van der Waals surface area contributed by atoms with Crippen LogP contribution in [-0.2, 0) is 4.74 Å². The molecule has 1 aromatic carbocycles. The van der Waals surface area contributed by atoms with Crippen LogP contribution in [0.1, 0.15) is 44.2 Å². The Morgan fingerprint density at radius 2 is 1.89 bits per heavy atom. The van der Waals surface area contributed by atoms with Gasteiger partial charge >= 0.3 is 6.09 Å². The molecule has 5 rings (SSSR count). The van der Waals surface area contributed by atoms with Crippen LogP contribution in [0.15, 0.2) is 55.0 Å². The Morgan fingerprint density at radius 3 is 2.64 bits per heavy atom. The van der Waals surface area contributed by atoms with Crippen molar-refractivity contribution in [2.75, 3.05) is 32.8 Å². The van der Waals surface area contributed by atoms with Crippen molar-refractivity contribution in [3.05, 3.63) is 66.5 Å². The maximum absolute atomic E-state index is 14.9. The summed E-state index contributed by atoms with van der Waals surface area (Å²) in [6, 6.07) is 11.1. The van der Waals surface area contributed by atoms with E-state index in [4.69, 9.17) is 9.72 Å². The molecule has 36 heavy (non-hydrogen) atoms. The van der Waals surface area contributed by atoms with Crippen molar-refractivity contribution in [2.45, 2.75) is 44.6 Å². The fraction of sp³-hybridized carbons (Fsp3) is 0.429. The van der Waals surface area contributed by atoms with Crippen LogP contribution in [0.25, 0.3) is 22.5 Å². The Hall–Kier alpha value is -3.39. The summed E-state index contributed by atoms with van der Waals surface area (Å²) in [4.78, 5) is 30.3. The normalized spacial score (nSPS) is 19.3. The summed E-state index contributed by atoms with van der Waals surface area (Å²) in [5.74, 6) is 0.503. The van der Waals surface area contributed by atoms with Crippen molar-refractivity contribution in [1.29, 1.82) is 0 Å². The lowest BCUT2D eigenvalue weighted by molar-refractivity contribution is 0.0648. The first-order valence-electron chi connectivity index (χ1n) is 12.8. The fourth-order valence-corrected chi connectivity index (χ4v) is 5.42. The Balaban J connectivity index is 1.40. The van der Waals surface area contributed by atoms with Crippen LogP contribution in [0.4, 0.5) is 9.18 Å². The van der Waals surface area contributed by atoms with E-state index in [-0.39, 0.29) is 17.8 Å². The van der Waals surface area contributed by atoms with Gasteiger partial charge in [-0.2, -0.15) is 0 Å². The summed E-state index contributed by atoms with van der Waals surface area (Å²) in [7, 11) is 0. The number of rotatable bonds is 5. The lowest BCUT2D eigenvalue weighted by atomic mass is 9.88. The van der Waals surface area contributed by atoms with Crippen LogP contribution >= 0.6 is 0 Å². The summed E-state index contributed by atoms with van der Waals surface area (Å²) in [6.07, 6.45) is 8.92. The van der Waals surface area contributed by atoms with Gasteiger partial charge in [0, 0.05) is 66.9 Å². The molecule has 0 saturated carbocycles. The van der Waals surface area contributed by atoms with Gasteiger partial charge in [-0.25, -0.2) is 19.2 Å². The SMILES string of the molecule is CCOC(=O)N1CCC(N2CCCC(c3nc(-c4cccnc4)ncc3-c3ccccc3F)C2)CC1. The zero-order valence-electron chi connectivity index (χ0n) is 20.6. The number of carbonyl (C=O) groups excluding carboxylic acids is 1. The van der Waals surface area contributed by atoms with E-state index in [0.717, 1.165) is 55.6 Å². The second-order valence-corrected chi connectivity index (χ2v) is 9.47. The number of aromatic nitrogens is 3. The maximum Gasteiger partial charge on any atom is 0.409 e. The van der Waals surface area contributed by atoms with Crippen LogP contribution in [0.3, 0.4) is 0 Å². The quantitative estimate of drug-likeness (QED) is 0.494. The van der Waals surface area contributed by atoms with Crippen molar-refractivity contribution in [1.82, 2.24) is 24.8 Å². The number of hydrogen-bond donors (Lipinski definition) is 0. The first-order chi connectivity index (χ1) is 17.6. The molecule has 1 atom stereocenters. The van der Waals surface area contributed by atoms with Gasteiger partial charge in [-0.3, -0.25) is 9.88 Å². The Labute approximate surface area is 211 Å². The summed E-state index contributed by atoms with van der Waals surface area (Å²) in [5.41, 5.74) is 3.02. The molecule has 2 aromatic heterocycles. The average molecular weight is 490 g/mol. The Bertz CT molecular complexity index is 1180. The molecule has 188 valence electrons. The number of piperidine rings is 2. The minimum absolute atomic E-state index is 0.162. The van der Waals surface area contributed by atoms with E-state index in [1.807, 2.05) is 30.0 Å². The number of amides is 1. The lowest BCUT2D eigenvalue weighted by Gasteiger charge is -2.42. The van der Waals surface area contributed by atoms with Gasteiger partial charge in [-0.1, -0.05) is 18.2 Å². The van der Waals surface area contributed by atoms with E-state index in [1.54, 1.807) is 30.7 Å². The molecule has 2 saturated heterocycles. The third-order valence-electron chi connectivity index (χ3n) is 7.25.